The molecule has 3 N–H and O–H groups in total. The molecule has 2 aromatic rings. The largest absolute Gasteiger partial charge is 0.495 e. The first-order valence-electron chi connectivity index (χ1n) is 8.63. The van der Waals surface area contributed by atoms with Gasteiger partial charge in [-0.05, 0) is 68.1 Å². The maximum absolute atomic E-state index is 12.5. The van der Waals surface area contributed by atoms with Crippen molar-refractivity contribution in [2.24, 2.45) is 5.73 Å². The Kier molecular flexibility index (Phi) is 5.41. The number of nitrogens with one attached hydrogen (secondary N) is 1. The number of carbonyl (C=O) groups excluding carboxylic acids is 2. The van der Waals surface area contributed by atoms with Gasteiger partial charge in [-0.25, -0.2) is 0 Å². The van der Waals surface area contributed by atoms with Gasteiger partial charge in [0.25, 0.3) is 5.91 Å². The fraction of sp³-hybridized carbons (Fsp3) is 0.300. The third kappa shape index (κ3) is 4.14. The summed E-state index contributed by atoms with van der Waals surface area (Å²) in [5.74, 6) is 0.334. The molecule has 2 aromatic carbocycles. The summed E-state index contributed by atoms with van der Waals surface area (Å²) in [6.07, 6.45) is 4.85. The number of hydrogen-bond acceptors (Lipinski definition) is 4. The molecule has 0 aromatic heterocycles. The molecule has 0 spiro atoms. The minimum absolute atomic E-state index is 0.274. The number of hydrogen-bond donors (Lipinski definition) is 2. The molecule has 0 bridgehead atoms. The van der Waals surface area contributed by atoms with Crippen LogP contribution in [0, 0.1) is 0 Å². The first kappa shape index (κ1) is 17.8. The van der Waals surface area contributed by atoms with Crippen molar-refractivity contribution in [3.05, 3.63) is 53.6 Å². The number of methoxy groups -OCH3 is 1. The van der Waals surface area contributed by atoms with E-state index in [0.717, 1.165) is 18.6 Å². The number of amides is 2. The van der Waals surface area contributed by atoms with Gasteiger partial charge in [-0.2, -0.15) is 0 Å². The van der Waals surface area contributed by atoms with Crippen LogP contribution < -0.4 is 20.5 Å². The smallest absolute Gasteiger partial charge is 0.255 e. The van der Waals surface area contributed by atoms with Gasteiger partial charge in [-0.1, -0.05) is 0 Å². The molecule has 136 valence electrons. The van der Waals surface area contributed by atoms with Gasteiger partial charge in [-0.15, -0.1) is 0 Å². The summed E-state index contributed by atoms with van der Waals surface area (Å²) in [5, 5.41) is 2.75. The lowest BCUT2D eigenvalue weighted by Crippen LogP contribution is -2.15. The molecule has 6 nitrogen and oxygen atoms in total. The van der Waals surface area contributed by atoms with Gasteiger partial charge in [0.2, 0.25) is 5.91 Å². The molecule has 6 heteroatoms. The van der Waals surface area contributed by atoms with E-state index in [1.54, 1.807) is 36.4 Å². The van der Waals surface area contributed by atoms with Crippen molar-refractivity contribution in [3.8, 4) is 11.5 Å². The third-order valence-electron chi connectivity index (χ3n) is 4.45. The SMILES string of the molecule is COc1ccc(C(N)=O)cc1NC(=O)c1ccc(OC2CCCC2)cc1. The molecule has 26 heavy (non-hydrogen) atoms. The molecule has 1 fully saturated rings. The van der Waals surface area contributed by atoms with Gasteiger partial charge in [0.15, 0.2) is 0 Å². The van der Waals surface area contributed by atoms with E-state index >= 15 is 0 Å². The fourth-order valence-electron chi connectivity index (χ4n) is 3.04. The van der Waals surface area contributed by atoms with Crippen LogP contribution in [0.2, 0.25) is 0 Å². The molecule has 1 aliphatic carbocycles. The normalized spacial score (nSPS) is 14.0. The number of rotatable bonds is 6. The summed E-state index contributed by atoms with van der Waals surface area (Å²) in [7, 11) is 1.49. The van der Waals surface area contributed by atoms with E-state index in [1.165, 1.54) is 26.0 Å². The van der Waals surface area contributed by atoms with Crippen LogP contribution in [0.1, 0.15) is 46.4 Å². The average molecular weight is 354 g/mol. The number of anilines is 1. The Morgan fingerprint density at radius 3 is 2.31 bits per heavy atom. The van der Waals surface area contributed by atoms with Crippen LogP contribution in [-0.2, 0) is 0 Å². The van der Waals surface area contributed by atoms with E-state index in [9.17, 15) is 9.59 Å². The highest BCUT2D eigenvalue weighted by atomic mass is 16.5. The van der Waals surface area contributed by atoms with E-state index in [4.69, 9.17) is 15.2 Å². The van der Waals surface area contributed by atoms with Gasteiger partial charge in [0, 0.05) is 11.1 Å². The second-order valence-electron chi connectivity index (χ2n) is 6.28. The molecule has 0 radical (unpaired) electrons. The van der Waals surface area contributed by atoms with Crippen LogP contribution in [0.4, 0.5) is 5.69 Å². The monoisotopic (exact) mass is 354 g/mol. The molecule has 0 unspecified atom stereocenters. The predicted molar refractivity (Wildman–Crippen MR) is 98.8 cm³/mol. The Balaban J connectivity index is 1.71. The lowest BCUT2D eigenvalue weighted by atomic mass is 10.1. The molecule has 0 heterocycles. The summed E-state index contributed by atoms with van der Waals surface area (Å²) in [6, 6.07) is 11.7. The summed E-state index contributed by atoms with van der Waals surface area (Å²) in [4.78, 5) is 23.8. The van der Waals surface area contributed by atoms with Crippen LogP contribution in [0.15, 0.2) is 42.5 Å². The van der Waals surface area contributed by atoms with Crippen molar-refractivity contribution in [1.29, 1.82) is 0 Å². The zero-order chi connectivity index (χ0) is 18.5. The lowest BCUT2D eigenvalue weighted by molar-refractivity contribution is 0.0996. The van der Waals surface area contributed by atoms with E-state index in [2.05, 4.69) is 5.32 Å². The summed E-state index contributed by atoms with van der Waals surface area (Å²) < 4.78 is 11.1. The van der Waals surface area contributed by atoms with Crippen molar-refractivity contribution in [1.82, 2.24) is 0 Å². The predicted octanol–water partition coefficient (Wildman–Crippen LogP) is 3.37. The van der Waals surface area contributed by atoms with Gasteiger partial charge < -0.3 is 20.5 Å². The van der Waals surface area contributed by atoms with E-state index in [1.807, 2.05) is 0 Å². The number of primary amides is 1. The second kappa shape index (κ2) is 7.91. The standard InChI is InChI=1S/C20H22N2O4/c1-25-18-11-8-14(19(21)23)12-17(18)22-20(24)13-6-9-16(10-7-13)26-15-4-2-3-5-15/h6-12,15H,2-5H2,1H3,(H2,21,23)(H,22,24). The van der Waals surface area contributed by atoms with E-state index < -0.39 is 5.91 Å². The summed E-state index contributed by atoms with van der Waals surface area (Å²) in [6.45, 7) is 0. The Bertz CT molecular complexity index is 796. The highest BCUT2D eigenvalue weighted by molar-refractivity contribution is 6.06. The number of carbonyl (C=O) groups is 2. The lowest BCUT2D eigenvalue weighted by Gasteiger charge is -2.14. The van der Waals surface area contributed by atoms with Crippen LogP contribution in [0.5, 0.6) is 11.5 Å². The highest BCUT2D eigenvalue weighted by Crippen LogP contribution is 2.27. The van der Waals surface area contributed by atoms with Crippen LogP contribution in [-0.4, -0.2) is 25.0 Å². The minimum Gasteiger partial charge on any atom is -0.495 e. The topological polar surface area (TPSA) is 90.6 Å². The molecule has 1 saturated carbocycles. The van der Waals surface area contributed by atoms with Gasteiger partial charge in [0.05, 0.1) is 18.9 Å². The summed E-state index contributed by atoms with van der Waals surface area (Å²) in [5.41, 5.74) is 6.46. The third-order valence-corrected chi connectivity index (χ3v) is 4.45. The number of nitrogens with two attached hydrogens (primary N) is 1. The van der Waals surface area contributed by atoms with Crippen LogP contribution >= 0.6 is 0 Å². The fourth-order valence-corrected chi connectivity index (χ4v) is 3.04. The molecule has 2 amide bonds. The minimum atomic E-state index is -0.573. The van der Waals surface area contributed by atoms with Crippen molar-refractivity contribution in [2.75, 3.05) is 12.4 Å². The van der Waals surface area contributed by atoms with Crippen LogP contribution in [0.25, 0.3) is 0 Å². The van der Waals surface area contributed by atoms with E-state index in [0.29, 0.717) is 22.6 Å². The van der Waals surface area contributed by atoms with Crippen molar-refractivity contribution in [3.63, 3.8) is 0 Å². The zero-order valence-electron chi connectivity index (χ0n) is 14.7. The maximum Gasteiger partial charge on any atom is 0.255 e. The second-order valence-corrected chi connectivity index (χ2v) is 6.28. The summed E-state index contributed by atoms with van der Waals surface area (Å²) >= 11 is 0. The first-order valence-corrected chi connectivity index (χ1v) is 8.63. The van der Waals surface area contributed by atoms with Crippen molar-refractivity contribution < 1.29 is 19.1 Å². The van der Waals surface area contributed by atoms with Gasteiger partial charge >= 0.3 is 0 Å². The molecule has 0 saturated heterocycles. The van der Waals surface area contributed by atoms with Gasteiger partial charge in [0.1, 0.15) is 11.5 Å². The molecule has 1 aliphatic rings. The van der Waals surface area contributed by atoms with Crippen LogP contribution in [0.3, 0.4) is 0 Å². The molecular formula is C20H22N2O4. The molecule has 3 rings (SSSR count). The maximum atomic E-state index is 12.5. The van der Waals surface area contributed by atoms with Crippen molar-refractivity contribution in [2.45, 2.75) is 31.8 Å². The average Bonchev–Trinajstić information content (AvgIpc) is 3.15. The van der Waals surface area contributed by atoms with Gasteiger partial charge in [-0.3, -0.25) is 9.59 Å². The molecular weight excluding hydrogens is 332 g/mol. The zero-order valence-corrected chi connectivity index (χ0v) is 14.7. The highest BCUT2D eigenvalue weighted by Gasteiger charge is 2.17. The molecule has 0 atom stereocenters. The number of ether oxygens (including phenoxy) is 2. The Morgan fingerprint density at radius 2 is 1.69 bits per heavy atom. The van der Waals surface area contributed by atoms with Crippen molar-refractivity contribution >= 4 is 17.5 Å². The van der Waals surface area contributed by atoms with E-state index in [-0.39, 0.29) is 12.0 Å². The first-order chi connectivity index (χ1) is 12.6. The Morgan fingerprint density at radius 1 is 1.04 bits per heavy atom. The Labute approximate surface area is 152 Å². The molecule has 0 aliphatic heterocycles. The quantitative estimate of drug-likeness (QED) is 0.832. The Hall–Kier alpha value is -3.02. The number of benzene rings is 2.